The molecule has 1 heterocycles. The van der Waals surface area contributed by atoms with Gasteiger partial charge in [-0.2, -0.15) is 5.10 Å². The highest BCUT2D eigenvalue weighted by molar-refractivity contribution is 7.71. The SMILES string of the molecule is O=C(NCc1n[nH]c(=S)n1C1CC1)C1CCCCCCC1. The molecule has 0 atom stereocenters. The molecule has 5 nitrogen and oxygen atoms in total. The Labute approximate surface area is 130 Å². The Morgan fingerprint density at radius 2 is 1.86 bits per heavy atom. The van der Waals surface area contributed by atoms with Gasteiger partial charge in [0.2, 0.25) is 5.91 Å². The Bertz CT molecular complexity index is 538. The van der Waals surface area contributed by atoms with E-state index in [1.165, 1.54) is 32.1 Å². The summed E-state index contributed by atoms with van der Waals surface area (Å²) in [5, 5.41) is 10.2. The number of carbonyl (C=O) groups excluding carboxylic acids is 1. The summed E-state index contributed by atoms with van der Waals surface area (Å²) in [7, 11) is 0. The molecule has 6 heteroatoms. The molecule has 2 aliphatic rings. The van der Waals surface area contributed by atoms with Crippen LogP contribution in [0.25, 0.3) is 0 Å². The first-order chi connectivity index (χ1) is 10.3. The van der Waals surface area contributed by atoms with Crippen LogP contribution in [0, 0.1) is 10.7 Å². The summed E-state index contributed by atoms with van der Waals surface area (Å²) in [6, 6.07) is 0.490. The number of nitrogens with one attached hydrogen (secondary N) is 2. The highest BCUT2D eigenvalue weighted by atomic mass is 32.1. The van der Waals surface area contributed by atoms with Crippen LogP contribution in [0.2, 0.25) is 0 Å². The summed E-state index contributed by atoms with van der Waals surface area (Å²) >= 11 is 5.26. The van der Waals surface area contributed by atoms with Crippen LogP contribution < -0.4 is 5.32 Å². The quantitative estimate of drug-likeness (QED) is 0.839. The van der Waals surface area contributed by atoms with Gasteiger partial charge in [0, 0.05) is 12.0 Å². The molecule has 0 unspecified atom stereocenters. The van der Waals surface area contributed by atoms with Gasteiger partial charge in [0.05, 0.1) is 6.54 Å². The van der Waals surface area contributed by atoms with Crippen molar-refractivity contribution in [3.8, 4) is 0 Å². The lowest BCUT2D eigenvalue weighted by Crippen LogP contribution is -2.31. The maximum atomic E-state index is 12.4. The monoisotopic (exact) mass is 308 g/mol. The number of hydrogen-bond acceptors (Lipinski definition) is 3. The predicted octanol–water partition coefficient (Wildman–Crippen LogP) is 3.25. The Balaban J connectivity index is 1.56. The van der Waals surface area contributed by atoms with E-state index in [2.05, 4.69) is 20.1 Å². The smallest absolute Gasteiger partial charge is 0.223 e. The van der Waals surface area contributed by atoms with Crippen molar-refractivity contribution in [3.63, 3.8) is 0 Å². The lowest BCUT2D eigenvalue weighted by molar-refractivity contribution is -0.125. The van der Waals surface area contributed by atoms with Crippen LogP contribution in [0.5, 0.6) is 0 Å². The summed E-state index contributed by atoms with van der Waals surface area (Å²) in [5.41, 5.74) is 0. The fourth-order valence-electron chi connectivity index (χ4n) is 3.20. The number of aromatic amines is 1. The van der Waals surface area contributed by atoms with E-state index in [-0.39, 0.29) is 11.8 Å². The van der Waals surface area contributed by atoms with Gasteiger partial charge < -0.3 is 5.32 Å². The van der Waals surface area contributed by atoms with Gasteiger partial charge in [-0.05, 0) is 37.9 Å². The van der Waals surface area contributed by atoms with Crippen molar-refractivity contribution in [3.05, 3.63) is 10.6 Å². The van der Waals surface area contributed by atoms with Gasteiger partial charge in [0.25, 0.3) is 0 Å². The first kappa shape index (κ1) is 14.8. The molecule has 0 spiro atoms. The van der Waals surface area contributed by atoms with Crippen molar-refractivity contribution in [1.82, 2.24) is 20.1 Å². The first-order valence-electron chi connectivity index (χ1n) is 8.19. The van der Waals surface area contributed by atoms with E-state index in [1.807, 2.05) is 0 Å². The average Bonchev–Trinajstić information content (AvgIpc) is 3.20. The van der Waals surface area contributed by atoms with E-state index in [0.717, 1.165) is 31.5 Å². The van der Waals surface area contributed by atoms with Crippen molar-refractivity contribution in [1.29, 1.82) is 0 Å². The standard InChI is InChI=1S/C15H24N4OS/c20-14(11-6-4-2-1-3-5-7-11)16-10-13-17-18-15(21)19(13)12-8-9-12/h11-12H,1-10H2,(H,16,20)(H,18,21). The van der Waals surface area contributed by atoms with Crippen molar-refractivity contribution >= 4 is 18.1 Å². The molecule has 1 aromatic rings. The zero-order valence-corrected chi connectivity index (χ0v) is 13.3. The topological polar surface area (TPSA) is 62.7 Å². The second-order valence-electron chi connectivity index (χ2n) is 6.31. The zero-order valence-electron chi connectivity index (χ0n) is 12.4. The number of aromatic nitrogens is 3. The first-order valence-corrected chi connectivity index (χ1v) is 8.60. The summed E-state index contributed by atoms with van der Waals surface area (Å²) in [5.74, 6) is 1.23. The normalized spacial score (nSPS) is 20.8. The van der Waals surface area contributed by atoms with Gasteiger partial charge >= 0.3 is 0 Å². The molecule has 0 radical (unpaired) electrons. The Morgan fingerprint density at radius 1 is 1.19 bits per heavy atom. The number of amides is 1. The van der Waals surface area contributed by atoms with E-state index < -0.39 is 0 Å². The fraction of sp³-hybridized carbons (Fsp3) is 0.800. The van der Waals surface area contributed by atoms with Gasteiger partial charge in [-0.3, -0.25) is 14.5 Å². The van der Waals surface area contributed by atoms with Crippen LogP contribution >= 0.6 is 12.2 Å². The van der Waals surface area contributed by atoms with Gasteiger partial charge in [0.15, 0.2) is 10.6 Å². The van der Waals surface area contributed by atoms with Crippen LogP contribution in [-0.4, -0.2) is 20.7 Å². The summed E-state index contributed by atoms with van der Waals surface area (Å²) in [6.45, 7) is 0.485. The van der Waals surface area contributed by atoms with Gasteiger partial charge in [0.1, 0.15) is 0 Å². The van der Waals surface area contributed by atoms with Crippen molar-refractivity contribution in [2.24, 2.45) is 5.92 Å². The Morgan fingerprint density at radius 3 is 2.52 bits per heavy atom. The summed E-state index contributed by atoms with van der Waals surface area (Å²) in [4.78, 5) is 12.4. The van der Waals surface area contributed by atoms with Crippen molar-refractivity contribution in [2.75, 3.05) is 0 Å². The number of hydrogen-bond donors (Lipinski definition) is 2. The van der Waals surface area contributed by atoms with Gasteiger partial charge in [-0.1, -0.05) is 32.1 Å². The highest BCUT2D eigenvalue weighted by Crippen LogP contribution is 2.35. The van der Waals surface area contributed by atoms with E-state index >= 15 is 0 Å². The molecule has 1 amide bonds. The molecule has 2 N–H and O–H groups in total. The molecule has 2 fully saturated rings. The minimum atomic E-state index is 0.182. The molecular weight excluding hydrogens is 284 g/mol. The number of nitrogens with zero attached hydrogens (tertiary/aromatic N) is 2. The van der Waals surface area contributed by atoms with E-state index in [4.69, 9.17) is 12.2 Å². The number of H-pyrrole nitrogens is 1. The average molecular weight is 308 g/mol. The molecule has 1 aromatic heterocycles. The van der Waals surface area contributed by atoms with Gasteiger partial charge in [-0.15, -0.1) is 0 Å². The molecule has 0 saturated heterocycles. The Kier molecular flexibility index (Phi) is 4.73. The van der Waals surface area contributed by atoms with Crippen LogP contribution in [0.1, 0.15) is 69.7 Å². The van der Waals surface area contributed by atoms with E-state index in [1.54, 1.807) is 0 Å². The largest absolute Gasteiger partial charge is 0.349 e. The molecular formula is C15H24N4OS. The van der Waals surface area contributed by atoms with Crippen molar-refractivity contribution < 1.29 is 4.79 Å². The molecule has 2 aliphatic carbocycles. The van der Waals surface area contributed by atoms with Crippen LogP contribution in [-0.2, 0) is 11.3 Å². The minimum Gasteiger partial charge on any atom is -0.349 e. The third-order valence-corrected chi connectivity index (χ3v) is 4.87. The van der Waals surface area contributed by atoms with Gasteiger partial charge in [-0.25, -0.2) is 0 Å². The lowest BCUT2D eigenvalue weighted by Gasteiger charge is -2.19. The van der Waals surface area contributed by atoms with E-state index in [9.17, 15) is 4.79 Å². The minimum absolute atomic E-state index is 0.182. The van der Waals surface area contributed by atoms with Crippen molar-refractivity contribution in [2.45, 2.75) is 70.4 Å². The summed E-state index contributed by atoms with van der Waals surface area (Å²) < 4.78 is 2.74. The van der Waals surface area contributed by atoms with Crippen LogP contribution in [0.4, 0.5) is 0 Å². The molecule has 0 bridgehead atoms. The number of rotatable bonds is 4. The molecule has 2 saturated carbocycles. The maximum absolute atomic E-state index is 12.4. The molecule has 0 aromatic carbocycles. The third kappa shape index (κ3) is 3.73. The van der Waals surface area contributed by atoms with Crippen LogP contribution in [0.3, 0.4) is 0 Å². The Hall–Kier alpha value is -1.17. The second-order valence-corrected chi connectivity index (χ2v) is 6.69. The lowest BCUT2D eigenvalue weighted by atomic mass is 9.90. The molecule has 3 rings (SSSR count). The fourth-order valence-corrected chi connectivity index (χ4v) is 3.50. The maximum Gasteiger partial charge on any atom is 0.223 e. The highest BCUT2D eigenvalue weighted by Gasteiger charge is 2.27. The molecule has 21 heavy (non-hydrogen) atoms. The predicted molar refractivity (Wildman–Crippen MR) is 83.3 cm³/mol. The number of carbonyl (C=O) groups is 1. The second kappa shape index (κ2) is 6.73. The molecule has 116 valence electrons. The van der Waals surface area contributed by atoms with E-state index in [0.29, 0.717) is 17.4 Å². The summed E-state index contributed by atoms with van der Waals surface area (Å²) in [6.07, 6.45) is 10.6. The van der Waals surface area contributed by atoms with Crippen LogP contribution in [0.15, 0.2) is 0 Å². The third-order valence-electron chi connectivity index (χ3n) is 4.59. The zero-order chi connectivity index (χ0) is 14.7. The molecule has 0 aliphatic heterocycles.